The molecule has 2 aliphatic rings. The molecule has 0 aromatic rings. The van der Waals surface area contributed by atoms with Crippen LogP contribution in [0.2, 0.25) is 0 Å². The Morgan fingerprint density at radius 1 is 1.37 bits per heavy atom. The fourth-order valence-electron chi connectivity index (χ4n) is 2.91. The maximum atomic E-state index is 12.0. The van der Waals surface area contributed by atoms with Crippen LogP contribution in [0.25, 0.3) is 0 Å². The average molecular weight is 288 g/mol. The summed E-state index contributed by atoms with van der Waals surface area (Å²) in [6.07, 6.45) is 3.46. The Morgan fingerprint density at radius 3 is 2.79 bits per heavy atom. The van der Waals surface area contributed by atoms with Crippen LogP contribution in [0.15, 0.2) is 0 Å². The minimum atomic E-state index is -2.83. The van der Waals surface area contributed by atoms with E-state index >= 15 is 0 Å². The molecule has 0 saturated carbocycles. The molecule has 2 heterocycles. The summed E-state index contributed by atoms with van der Waals surface area (Å²) in [5.74, 6) is 1.30. The van der Waals surface area contributed by atoms with Gasteiger partial charge in [-0.1, -0.05) is 6.92 Å². The quantitative estimate of drug-likeness (QED) is 0.814. The van der Waals surface area contributed by atoms with E-state index < -0.39 is 9.84 Å². The number of nitrogens with zero attached hydrogens (tertiary/aromatic N) is 1. The zero-order chi connectivity index (χ0) is 13.9. The van der Waals surface area contributed by atoms with E-state index in [1.165, 1.54) is 6.42 Å². The first kappa shape index (κ1) is 14.8. The second kappa shape index (κ2) is 6.22. The molecular formula is C13H24N2O3S. The first-order chi connectivity index (χ1) is 8.96. The Labute approximate surface area is 115 Å². The van der Waals surface area contributed by atoms with Gasteiger partial charge in [0, 0.05) is 32.1 Å². The van der Waals surface area contributed by atoms with Crippen molar-refractivity contribution in [3.8, 4) is 0 Å². The number of carbonyl (C=O) groups excluding carboxylic acids is 1. The predicted octanol–water partition coefficient (Wildman–Crippen LogP) is 0.412. The molecular weight excluding hydrogens is 264 g/mol. The van der Waals surface area contributed by atoms with Gasteiger partial charge >= 0.3 is 0 Å². The average Bonchev–Trinajstić information content (AvgIpc) is 2.69. The molecule has 2 saturated heterocycles. The number of hydrogen-bond donors (Lipinski definition) is 1. The molecule has 0 radical (unpaired) electrons. The van der Waals surface area contributed by atoms with Crippen LogP contribution in [0, 0.1) is 5.92 Å². The molecule has 0 bridgehead atoms. The molecule has 2 atom stereocenters. The van der Waals surface area contributed by atoms with Gasteiger partial charge in [-0.15, -0.1) is 0 Å². The third kappa shape index (κ3) is 4.45. The van der Waals surface area contributed by atoms with Gasteiger partial charge in [-0.3, -0.25) is 4.79 Å². The van der Waals surface area contributed by atoms with E-state index in [1.807, 2.05) is 4.90 Å². The highest BCUT2D eigenvalue weighted by Crippen LogP contribution is 2.16. The van der Waals surface area contributed by atoms with Crippen molar-refractivity contribution in [1.29, 1.82) is 0 Å². The van der Waals surface area contributed by atoms with Crippen molar-refractivity contribution in [3.05, 3.63) is 0 Å². The lowest BCUT2D eigenvalue weighted by Crippen LogP contribution is -2.41. The normalized spacial score (nSPS) is 30.5. The summed E-state index contributed by atoms with van der Waals surface area (Å²) in [6, 6.07) is 0.0399. The molecule has 0 spiro atoms. The second-order valence-corrected chi connectivity index (χ2v) is 8.12. The zero-order valence-corrected chi connectivity index (χ0v) is 12.4. The molecule has 2 rings (SSSR count). The van der Waals surface area contributed by atoms with Crippen molar-refractivity contribution >= 4 is 15.7 Å². The summed E-state index contributed by atoms with van der Waals surface area (Å²) in [4.78, 5) is 14.0. The van der Waals surface area contributed by atoms with Crippen molar-refractivity contribution in [2.75, 3.05) is 31.1 Å². The van der Waals surface area contributed by atoms with Crippen LogP contribution in [0.3, 0.4) is 0 Å². The van der Waals surface area contributed by atoms with Crippen LogP contribution in [0.1, 0.15) is 32.6 Å². The zero-order valence-electron chi connectivity index (χ0n) is 11.6. The largest absolute Gasteiger partial charge is 0.342 e. The summed E-state index contributed by atoms with van der Waals surface area (Å²) in [7, 11) is -2.83. The third-order valence-electron chi connectivity index (χ3n) is 4.01. The fourth-order valence-corrected chi connectivity index (χ4v) is 4.62. The van der Waals surface area contributed by atoms with Crippen molar-refractivity contribution < 1.29 is 13.2 Å². The Balaban J connectivity index is 1.67. The van der Waals surface area contributed by atoms with E-state index in [-0.39, 0.29) is 23.5 Å². The summed E-state index contributed by atoms with van der Waals surface area (Å²) >= 11 is 0. The van der Waals surface area contributed by atoms with Crippen LogP contribution in [-0.4, -0.2) is 56.4 Å². The minimum absolute atomic E-state index is 0.0399. The van der Waals surface area contributed by atoms with E-state index in [0.29, 0.717) is 25.3 Å². The Hall–Kier alpha value is -0.620. The number of hydrogen-bond acceptors (Lipinski definition) is 4. The molecule has 2 fully saturated rings. The standard InChI is InChI=1S/C13H24N2O3S/c1-11-3-2-7-15(9-11)13(16)4-6-14-12-5-8-19(17,18)10-12/h11-12,14H,2-10H2,1H3. The van der Waals surface area contributed by atoms with Crippen molar-refractivity contribution in [2.24, 2.45) is 5.92 Å². The van der Waals surface area contributed by atoms with Crippen LogP contribution >= 0.6 is 0 Å². The Morgan fingerprint density at radius 2 is 2.16 bits per heavy atom. The van der Waals surface area contributed by atoms with Gasteiger partial charge in [-0.25, -0.2) is 8.42 Å². The maximum absolute atomic E-state index is 12.0. The molecule has 2 unspecified atom stereocenters. The molecule has 2 aliphatic heterocycles. The number of rotatable bonds is 4. The maximum Gasteiger partial charge on any atom is 0.223 e. The lowest BCUT2D eigenvalue weighted by molar-refractivity contribution is -0.132. The summed E-state index contributed by atoms with van der Waals surface area (Å²) in [6.45, 7) is 4.52. The molecule has 19 heavy (non-hydrogen) atoms. The topological polar surface area (TPSA) is 66.5 Å². The Kier molecular flexibility index (Phi) is 4.84. The Bertz CT molecular complexity index is 422. The van der Waals surface area contributed by atoms with Crippen LogP contribution in [-0.2, 0) is 14.6 Å². The molecule has 1 N–H and O–H groups in total. The molecule has 0 aliphatic carbocycles. The number of carbonyl (C=O) groups is 1. The van der Waals surface area contributed by atoms with Gasteiger partial charge in [0.2, 0.25) is 5.91 Å². The molecule has 0 aromatic carbocycles. The fraction of sp³-hybridized carbons (Fsp3) is 0.923. The predicted molar refractivity (Wildman–Crippen MR) is 74.7 cm³/mol. The molecule has 6 heteroatoms. The number of piperidine rings is 1. The van der Waals surface area contributed by atoms with Gasteiger partial charge in [0.25, 0.3) is 0 Å². The lowest BCUT2D eigenvalue weighted by atomic mass is 10.00. The molecule has 110 valence electrons. The summed E-state index contributed by atoms with van der Waals surface area (Å²) in [5, 5.41) is 3.19. The highest BCUT2D eigenvalue weighted by molar-refractivity contribution is 7.91. The van der Waals surface area contributed by atoms with Gasteiger partial charge < -0.3 is 10.2 Å². The van der Waals surface area contributed by atoms with Crippen LogP contribution < -0.4 is 5.32 Å². The van der Waals surface area contributed by atoms with Crippen molar-refractivity contribution in [3.63, 3.8) is 0 Å². The molecule has 0 aromatic heterocycles. The second-order valence-electron chi connectivity index (χ2n) is 5.89. The number of nitrogens with one attached hydrogen (secondary N) is 1. The highest BCUT2D eigenvalue weighted by atomic mass is 32.2. The SMILES string of the molecule is CC1CCCN(C(=O)CCNC2CCS(=O)(=O)C2)C1. The van der Waals surface area contributed by atoms with Gasteiger partial charge in [-0.2, -0.15) is 0 Å². The summed E-state index contributed by atoms with van der Waals surface area (Å²) < 4.78 is 22.6. The van der Waals surface area contributed by atoms with Gasteiger partial charge in [0.15, 0.2) is 9.84 Å². The first-order valence-corrected chi connectivity index (χ1v) is 9.00. The van der Waals surface area contributed by atoms with Crippen LogP contribution in [0.5, 0.6) is 0 Å². The van der Waals surface area contributed by atoms with Gasteiger partial charge in [0.1, 0.15) is 0 Å². The summed E-state index contributed by atoms with van der Waals surface area (Å²) in [5.41, 5.74) is 0. The van der Waals surface area contributed by atoms with Gasteiger partial charge in [0.05, 0.1) is 11.5 Å². The number of amides is 1. The minimum Gasteiger partial charge on any atom is -0.342 e. The molecule has 5 nitrogen and oxygen atoms in total. The van der Waals surface area contributed by atoms with Crippen LogP contribution in [0.4, 0.5) is 0 Å². The van der Waals surface area contributed by atoms with E-state index in [0.717, 1.165) is 19.5 Å². The number of likely N-dealkylation sites (tertiary alicyclic amines) is 1. The van der Waals surface area contributed by atoms with E-state index in [1.54, 1.807) is 0 Å². The van der Waals surface area contributed by atoms with Crippen molar-refractivity contribution in [1.82, 2.24) is 10.2 Å². The smallest absolute Gasteiger partial charge is 0.223 e. The monoisotopic (exact) mass is 288 g/mol. The third-order valence-corrected chi connectivity index (χ3v) is 5.78. The van der Waals surface area contributed by atoms with E-state index in [9.17, 15) is 13.2 Å². The highest BCUT2D eigenvalue weighted by Gasteiger charge is 2.27. The van der Waals surface area contributed by atoms with Crippen molar-refractivity contribution in [2.45, 2.75) is 38.6 Å². The number of sulfone groups is 1. The first-order valence-electron chi connectivity index (χ1n) is 7.18. The van der Waals surface area contributed by atoms with Gasteiger partial charge in [-0.05, 0) is 25.2 Å². The molecule has 1 amide bonds. The van der Waals surface area contributed by atoms with E-state index in [2.05, 4.69) is 12.2 Å². The van der Waals surface area contributed by atoms with E-state index in [4.69, 9.17) is 0 Å². The lowest BCUT2D eigenvalue weighted by Gasteiger charge is -2.31.